The molecule has 0 saturated carbocycles. The highest BCUT2D eigenvalue weighted by molar-refractivity contribution is 7.89. The molecule has 38 heavy (non-hydrogen) atoms. The first-order valence-electron chi connectivity index (χ1n) is 12.5. The zero-order valence-corrected chi connectivity index (χ0v) is 22.2. The highest BCUT2D eigenvalue weighted by atomic mass is 32.2. The summed E-state index contributed by atoms with van der Waals surface area (Å²) in [7, 11) is -0.709. The molecule has 0 spiro atoms. The van der Waals surface area contributed by atoms with Crippen molar-refractivity contribution in [1.82, 2.24) is 9.29 Å². The Labute approximate surface area is 221 Å². The van der Waals surface area contributed by atoms with Gasteiger partial charge in [-0.1, -0.05) is 12.1 Å². The fourth-order valence-corrected chi connectivity index (χ4v) is 6.61. The van der Waals surface area contributed by atoms with Gasteiger partial charge in [0.25, 0.3) is 5.91 Å². The normalized spacial score (nSPS) is 17.7. The predicted octanol–water partition coefficient (Wildman–Crippen LogP) is 3.28. The number of pyridine rings is 1. The Morgan fingerprint density at radius 3 is 2.74 bits per heavy atom. The molecule has 0 aliphatic carbocycles. The van der Waals surface area contributed by atoms with Gasteiger partial charge in [-0.2, -0.15) is 4.31 Å². The molecule has 0 bridgehead atoms. The van der Waals surface area contributed by atoms with Crippen molar-refractivity contribution in [2.24, 2.45) is 5.92 Å². The molecule has 1 fully saturated rings. The molecule has 2 aliphatic heterocycles. The molecule has 5 rings (SSSR count). The maximum Gasteiger partial charge on any atom is 0.258 e. The maximum atomic E-state index is 13.3. The van der Waals surface area contributed by atoms with Crippen molar-refractivity contribution in [3.05, 3.63) is 54.2 Å². The van der Waals surface area contributed by atoms with Gasteiger partial charge in [0.15, 0.2) is 0 Å². The summed E-state index contributed by atoms with van der Waals surface area (Å²) in [5.41, 5.74) is 2.02. The molecule has 1 aromatic heterocycles. The van der Waals surface area contributed by atoms with Crippen molar-refractivity contribution in [2.75, 3.05) is 50.7 Å². The number of nitrogens with zero attached hydrogens (tertiary/aromatic N) is 3. The van der Waals surface area contributed by atoms with E-state index in [0.717, 1.165) is 16.5 Å². The number of carbonyl (C=O) groups excluding carboxylic acids is 2. The third-order valence-corrected chi connectivity index (χ3v) is 8.93. The SMILES string of the molecule is COCCCN1C(=O)c2cccc3c(NC(=O)C4CCCN(S(=O)(=O)c5ccc(OC)nc5)C4)ccc1c23. The molecular formula is C27H30N4O6S. The number of hydrogen-bond donors (Lipinski definition) is 1. The average Bonchev–Trinajstić information content (AvgIpc) is 3.22. The summed E-state index contributed by atoms with van der Waals surface area (Å²) in [5, 5.41) is 4.60. The highest BCUT2D eigenvalue weighted by Crippen LogP contribution is 2.41. The quantitative estimate of drug-likeness (QED) is 0.416. The number of piperidine rings is 1. The molecule has 1 unspecified atom stereocenters. The van der Waals surface area contributed by atoms with Crippen LogP contribution in [0.4, 0.5) is 11.4 Å². The monoisotopic (exact) mass is 538 g/mol. The van der Waals surface area contributed by atoms with Crippen molar-refractivity contribution >= 4 is 44.0 Å². The molecule has 1 atom stereocenters. The van der Waals surface area contributed by atoms with E-state index in [2.05, 4.69) is 10.3 Å². The zero-order chi connectivity index (χ0) is 26.9. The largest absolute Gasteiger partial charge is 0.481 e. The maximum absolute atomic E-state index is 13.3. The van der Waals surface area contributed by atoms with Crippen molar-refractivity contribution in [3.8, 4) is 5.88 Å². The topological polar surface area (TPSA) is 118 Å². The van der Waals surface area contributed by atoms with Crippen LogP contribution in [0.3, 0.4) is 0 Å². The molecule has 2 aliphatic rings. The Bertz CT molecular complexity index is 1470. The second-order valence-electron chi connectivity index (χ2n) is 9.39. The number of ether oxygens (including phenoxy) is 2. The first kappa shape index (κ1) is 26.1. The van der Waals surface area contributed by atoms with Crippen molar-refractivity contribution in [2.45, 2.75) is 24.2 Å². The van der Waals surface area contributed by atoms with E-state index in [1.807, 2.05) is 24.3 Å². The lowest BCUT2D eigenvalue weighted by Crippen LogP contribution is -2.43. The number of nitrogens with one attached hydrogen (secondary N) is 1. The van der Waals surface area contributed by atoms with Gasteiger partial charge in [0.05, 0.1) is 24.9 Å². The summed E-state index contributed by atoms with van der Waals surface area (Å²) in [4.78, 5) is 32.2. The number of rotatable bonds is 9. The number of hydrogen-bond acceptors (Lipinski definition) is 7. The van der Waals surface area contributed by atoms with Crippen LogP contribution in [0.15, 0.2) is 53.6 Å². The van der Waals surface area contributed by atoms with Gasteiger partial charge in [-0.3, -0.25) is 9.59 Å². The van der Waals surface area contributed by atoms with E-state index in [0.29, 0.717) is 56.1 Å². The predicted molar refractivity (Wildman–Crippen MR) is 143 cm³/mol. The smallest absolute Gasteiger partial charge is 0.258 e. The molecule has 10 nitrogen and oxygen atoms in total. The van der Waals surface area contributed by atoms with E-state index in [4.69, 9.17) is 9.47 Å². The average molecular weight is 539 g/mol. The van der Waals surface area contributed by atoms with E-state index >= 15 is 0 Å². The van der Waals surface area contributed by atoms with Gasteiger partial charge in [-0.25, -0.2) is 13.4 Å². The minimum absolute atomic E-state index is 0.0617. The third kappa shape index (κ3) is 4.72. The van der Waals surface area contributed by atoms with Crippen molar-refractivity contribution < 1.29 is 27.5 Å². The Kier molecular flexibility index (Phi) is 7.33. The Morgan fingerprint density at radius 1 is 1.16 bits per heavy atom. The van der Waals surface area contributed by atoms with Gasteiger partial charge < -0.3 is 19.7 Å². The summed E-state index contributed by atoms with van der Waals surface area (Å²) >= 11 is 0. The van der Waals surface area contributed by atoms with Crippen LogP contribution in [0.1, 0.15) is 29.6 Å². The number of benzene rings is 2. The fraction of sp³-hybridized carbons (Fsp3) is 0.370. The lowest BCUT2D eigenvalue weighted by atomic mass is 9.98. The molecule has 3 heterocycles. The van der Waals surface area contributed by atoms with Gasteiger partial charge in [0.1, 0.15) is 4.90 Å². The minimum Gasteiger partial charge on any atom is -0.481 e. The van der Waals surface area contributed by atoms with Crippen LogP contribution in [0, 0.1) is 5.92 Å². The lowest BCUT2D eigenvalue weighted by molar-refractivity contribution is -0.120. The molecular weight excluding hydrogens is 508 g/mol. The number of amides is 2. The first-order chi connectivity index (χ1) is 18.3. The van der Waals surface area contributed by atoms with Gasteiger partial charge in [-0.05, 0) is 43.5 Å². The molecule has 0 radical (unpaired) electrons. The van der Waals surface area contributed by atoms with Crippen LogP contribution in [-0.2, 0) is 19.6 Å². The van der Waals surface area contributed by atoms with E-state index in [9.17, 15) is 18.0 Å². The molecule has 1 saturated heterocycles. The van der Waals surface area contributed by atoms with Crippen LogP contribution in [-0.4, -0.2) is 70.0 Å². The Hall–Kier alpha value is -3.54. The van der Waals surface area contributed by atoms with Gasteiger partial charge in [0, 0.05) is 61.4 Å². The van der Waals surface area contributed by atoms with E-state index in [-0.39, 0.29) is 23.3 Å². The number of anilines is 2. The fourth-order valence-electron chi connectivity index (χ4n) is 5.14. The van der Waals surface area contributed by atoms with E-state index in [1.54, 1.807) is 18.1 Å². The number of carbonyl (C=O) groups is 2. The molecule has 3 aromatic rings. The minimum atomic E-state index is -3.80. The first-order valence-corrected chi connectivity index (χ1v) is 14.0. The molecule has 2 amide bonds. The van der Waals surface area contributed by atoms with Crippen LogP contribution in [0.25, 0.3) is 10.8 Å². The second-order valence-corrected chi connectivity index (χ2v) is 11.3. The summed E-state index contributed by atoms with van der Waals surface area (Å²) in [6, 6.07) is 12.1. The van der Waals surface area contributed by atoms with Crippen LogP contribution in [0.2, 0.25) is 0 Å². The van der Waals surface area contributed by atoms with Crippen molar-refractivity contribution in [3.63, 3.8) is 0 Å². The Balaban J connectivity index is 1.35. The number of aromatic nitrogens is 1. The molecule has 11 heteroatoms. The zero-order valence-electron chi connectivity index (χ0n) is 21.3. The van der Waals surface area contributed by atoms with Crippen molar-refractivity contribution in [1.29, 1.82) is 0 Å². The highest BCUT2D eigenvalue weighted by Gasteiger charge is 2.35. The van der Waals surface area contributed by atoms with E-state index in [1.165, 1.54) is 29.7 Å². The van der Waals surface area contributed by atoms with Gasteiger partial charge in [0.2, 0.25) is 21.8 Å². The number of sulfonamides is 1. The van der Waals surface area contributed by atoms with Gasteiger partial charge >= 0.3 is 0 Å². The summed E-state index contributed by atoms with van der Waals surface area (Å²) in [6.45, 7) is 1.51. The lowest BCUT2D eigenvalue weighted by Gasteiger charge is -2.31. The summed E-state index contributed by atoms with van der Waals surface area (Å²) in [5.74, 6) is -0.504. The van der Waals surface area contributed by atoms with Crippen LogP contribution >= 0.6 is 0 Å². The third-order valence-electron chi connectivity index (χ3n) is 7.08. The standard InChI is InChI=1S/C27H30N4O6S/c1-36-15-5-14-31-23-11-10-22(20-7-3-8-21(25(20)23)27(31)33)29-26(32)18-6-4-13-30(17-18)38(34,35)19-9-12-24(37-2)28-16-19/h3,7-12,16,18H,4-6,13-15,17H2,1-2H3,(H,29,32). The molecule has 200 valence electrons. The molecule has 1 N–H and O–H groups in total. The summed E-state index contributed by atoms with van der Waals surface area (Å²) in [6.07, 6.45) is 3.12. The summed E-state index contributed by atoms with van der Waals surface area (Å²) < 4.78 is 37.9. The van der Waals surface area contributed by atoms with Gasteiger partial charge in [-0.15, -0.1) is 0 Å². The van der Waals surface area contributed by atoms with Crippen LogP contribution < -0.4 is 15.0 Å². The molecule has 2 aromatic carbocycles. The second kappa shape index (κ2) is 10.7. The number of methoxy groups -OCH3 is 2. The van der Waals surface area contributed by atoms with Crippen LogP contribution in [0.5, 0.6) is 5.88 Å². The van der Waals surface area contributed by atoms with E-state index < -0.39 is 15.9 Å². The Morgan fingerprint density at radius 2 is 2.00 bits per heavy atom.